The first kappa shape index (κ1) is 15.5. The molecule has 0 bridgehead atoms. The molecule has 5 heteroatoms. The molecule has 1 heterocycles. The fourth-order valence-electron chi connectivity index (χ4n) is 3.15. The number of para-hydroxylation sites is 1. The molecule has 0 aliphatic heterocycles. The van der Waals surface area contributed by atoms with Gasteiger partial charge in [-0.05, 0) is 49.9 Å². The van der Waals surface area contributed by atoms with E-state index in [0.717, 1.165) is 34.8 Å². The highest BCUT2D eigenvalue weighted by molar-refractivity contribution is 6.05. The molecule has 1 aliphatic carbocycles. The molecular formula is C20H18N2O3. The average molecular weight is 334 g/mol. The Hall–Kier alpha value is -3.00. The van der Waals surface area contributed by atoms with E-state index < -0.39 is 5.54 Å². The number of ether oxygens (including phenoxy) is 1. The zero-order valence-corrected chi connectivity index (χ0v) is 13.9. The van der Waals surface area contributed by atoms with Gasteiger partial charge in [-0.1, -0.05) is 18.2 Å². The molecule has 1 N–H and O–H groups in total. The van der Waals surface area contributed by atoms with Crippen LogP contribution >= 0.6 is 0 Å². The van der Waals surface area contributed by atoms with Crippen molar-refractivity contribution in [2.75, 3.05) is 6.61 Å². The van der Waals surface area contributed by atoms with Gasteiger partial charge in [-0.3, -0.25) is 4.79 Å². The number of nitrogens with zero attached hydrogens (tertiary/aromatic N) is 1. The van der Waals surface area contributed by atoms with Gasteiger partial charge in [0, 0.05) is 10.8 Å². The lowest BCUT2D eigenvalue weighted by Gasteiger charge is -2.22. The van der Waals surface area contributed by atoms with Crippen LogP contribution in [0.1, 0.15) is 19.8 Å². The minimum Gasteiger partial charge on any atom is -0.484 e. The predicted octanol–water partition coefficient (Wildman–Crippen LogP) is 3.77. The Balaban J connectivity index is 1.48. The molecule has 1 aromatic heterocycles. The largest absolute Gasteiger partial charge is 0.484 e. The summed E-state index contributed by atoms with van der Waals surface area (Å²) >= 11 is 0. The first-order valence-corrected chi connectivity index (χ1v) is 8.35. The van der Waals surface area contributed by atoms with Crippen molar-refractivity contribution in [3.05, 3.63) is 42.5 Å². The maximum absolute atomic E-state index is 12.1. The van der Waals surface area contributed by atoms with Crippen LogP contribution in [0.25, 0.3) is 21.9 Å². The monoisotopic (exact) mass is 334 g/mol. The Kier molecular flexibility index (Phi) is 3.61. The lowest BCUT2D eigenvalue weighted by Crippen LogP contribution is -2.48. The third-order valence-electron chi connectivity index (χ3n) is 4.74. The first-order chi connectivity index (χ1) is 12.1. The number of rotatable bonds is 5. The van der Waals surface area contributed by atoms with E-state index in [1.807, 2.05) is 36.4 Å². The molecule has 0 unspecified atom stereocenters. The number of nitriles is 1. The van der Waals surface area contributed by atoms with E-state index in [9.17, 15) is 10.1 Å². The number of fused-ring (bicyclic) bond motifs is 3. The fraction of sp³-hybridized carbons (Fsp3) is 0.300. The summed E-state index contributed by atoms with van der Waals surface area (Å²) in [6, 6.07) is 15.5. The van der Waals surface area contributed by atoms with Crippen molar-refractivity contribution in [2.24, 2.45) is 5.92 Å². The summed E-state index contributed by atoms with van der Waals surface area (Å²) in [7, 11) is 0. The van der Waals surface area contributed by atoms with E-state index in [-0.39, 0.29) is 18.4 Å². The second-order valence-corrected chi connectivity index (χ2v) is 6.68. The molecule has 1 amide bonds. The molecule has 0 radical (unpaired) electrons. The van der Waals surface area contributed by atoms with Crippen molar-refractivity contribution < 1.29 is 13.9 Å². The number of furan rings is 1. The number of amides is 1. The smallest absolute Gasteiger partial charge is 0.259 e. The second-order valence-electron chi connectivity index (χ2n) is 6.68. The van der Waals surface area contributed by atoms with Crippen LogP contribution in [0.4, 0.5) is 0 Å². The summed E-state index contributed by atoms with van der Waals surface area (Å²) in [6.45, 7) is 1.65. The van der Waals surface area contributed by atoms with Crippen LogP contribution in [0.2, 0.25) is 0 Å². The van der Waals surface area contributed by atoms with Gasteiger partial charge in [0.25, 0.3) is 5.91 Å². The van der Waals surface area contributed by atoms with Gasteiger partial charge in [-0.2, -0.15) is 5.26 Å². The van der Waals surface area contributed by atoms with Crippen LogP contribution in [0.3, 0.4) is 0 Å². The SMILES string of the molecule is C[C@@](C#N)(NC(=O)COc1ccc2oc3ccccc3c2c1)C1CC1. The number of hydrogen-bond donors (Lipinski definition) is 1. The van der Waals surface area contributed by atoms with Crippen molar-refractivity contribution in [3.63, 3.8) is 0 Å². The Labute approximate surface area is 145 Å². The standard InChI is InChI=1S/C20H18N2O3/c1-20(12-21,13-6-7-13)22-19(23)11-24-14-8-9-18-16(10-14)15-4-2-3-5-17(15)25-18/h2-5,8-10,13H,6-7,11H2,1H3,(H,22,23)/t20-/m0/s1. The minimum absolute atomic E-state index is 0.120. The van der Waals surface area contributed by atoms with Gasteiger partial charge < -0.3 is 14.5 Å². The van der Waals surface area contributed by atoms with Gasteiger partial charge in [0.15, 0.2) is 6.61 Å². The highest BCUT2D eigenvalue weighted by Crippen LogP contribution is 2.39. The van der Waals surface area contributed by atoms with Crippen molar-refractivity contribution in [3.8, 4) is 11.8 Å². The highest BCUT2D eigenvalue weighted by Gasteiger charge is 2.43. The maximum atomic E-state index is 12.1. The second kappa shape index (κ2) is 5.82. The van der Waals surface area contributed by atoms with Crippen LogP contribution in [0.15, 0.2) is 46.9 Å². The van der Waals surface area contributed by atoms with Crippen LogP contribution in [0, 0.1) is 17.2 Å². The summed E-state index contributed by atoms with van der Waals surface area (Å²) in [5.74, 6) is 0.558. The predicted molar refractivity (Wildman–Crippen MR) is 94.1 cm³/mol. The molecule has 4 rings (SSSR count). The van der Waals surface area contributed by atoms with Gasteiger partial charge in [0.05, 0.1) is 6.07 Å². The summed E-state index contributed by atoms with van der Waals surface area (Å²) in [4.78, 5) is 12.1. The summed E-state index contributed by atoms with van der Waals surface area (Å²) < 4.78 is 11.4. The summed E-state index contributed by atoms with van der Waals surface area (Å²) in [5.41, 5.74) is 0.802. The van der Waals surface area contributed by atoms with Gasteiger partial charge in [0.1, 0.15) is 22.5 Å². The molecule has 1 fully saturated rings. The van der Waals surface area contributed by atoms with Gasteiger partial charge in [-0.25, -0.2) is 0 Å². The third-order valence-corrected chi connectivity index (χ3v) is 4.74. The number of hydrogen-bond acceptors (Lipinski definition) is 4. The van der Waals surface area contributed by atoms with Gasteiger partial charge >= 0.3 is 0 Å². The van der Waals surface area contributed by atoms with E-state index in [4.69, 9.17) is 9.15 Å². The average Bonchev–Trinajstić information content (AvgIpc) is 3.42. The zero-order chi connectivity index (χ0) is 17.4. The lowest BCUT2D eigenvalue weighted by molar-refractivity contribution is -0.124. The number of benzene rings is 2. The molecule has 1 atom stereocenters. The van der Waals surface area contributed by atoms with Crippen LogP contribution in [0.5, 0.6) is 5.75 Å². The van der Waals surface area contributed by atoms with Gasteiger partial charge in [-0.15, -0.1) is 0 Å². The Morgan fingerprint density at radius 1 is 1.28 bits per heavy atom. The van der Waals surface area contributed by atoms with E-state index in [1.54, 1.807) is 13.0 Å². The first-order valence-electron chi connectivity index (χ1n) is 8.35. The lowest BCUT2D eigenvalue weighted by atomic mass is 9.98. The van der Waals surface area contributed by atoms with Crippen molar-refractivity contribution in [2.45, 2.75) is 25.3 Å². The Bertz CT molecular complexity index is 997. The third kappa shape index (κ3) is 2.91. The van der Waals surface area contributed by atoms with Gasteiger partial charge in [0.2, 0.25) is 0 Å². The number of nitrogens with one attached hydrogen (secondary N) is 1. The van der Waals surface area contributed by atoms with Crippen LogP contribution in [-0.4, -0.2) is 18.1 Å². The maximum Gasteiger partial charge on any atom is 0.259 e. The van der Waals surface area contributed by atoms with Crippen LogP contribution in [-0.2, 0) is 4.79 Å². The van der Waals surface area contributed by atoms with E-state index >= 15 is 0 Å². The van der Waals surface area contributed by atoms with E-state index in [1.165, 1.54) is 0 Å². The number of carbonyl (C=O) groups excluding carboxylic acids is 1. The molecule has 25 heavy (non-hydrogen) atoms. The normalized spacial score (nSPS) is 16.3. The van der Waals surface area contributed by atoms with Crippen LogP contribution < -0.4 is 10.1 Å². The van der Waals surface area contributed by atoms with E-state index in [0.29, 0.717) is 5.75 Å². The molecule has 1 aliphatic rings. The molecule has 3 aromatic rings. The van der Waals surface area contributed by atoms with E-state index in [2.05, 4.69) is 11.4 Å². The van der Waals surface area contributed by atoms with Crippen molar-refractivity contribution in [1.29, 1.82) is 5.26 Å². The summed E-state index contributed by atoms with van der Waals surface area (Å²) in [6.07, 6.45) is 1.96. The Morgan fingerprint density at radius 3 is 2.80 bits per heavy atom. The molecule has 0 spiro atoms. The quantitative estimate of drug-likeness (QED) is 0.770. The molecule has 126 valence electrons. The molecule has 2 aromatic carbocycles. The Morgan fingerprint density at radius 2 is 2.04 bits per heavy atom. The number of carbonyl (C=O) groups is 1. The fourth-order valence-corrected chi connectivity index (χ4v) is 3.15. The molecule has 5 nitrogen and oxygen atoms in total. The molecule has 1 saturated carbocycles. The topological polar surface area (TPSA) is 75.3 Å². The highest BCUT2D eigenvalue weighted by atomic mass is 16.5. The van der Waals surface area contributed by atoms with Crippen molar-refractivity contribution >= 4 is 27.8 Å². The zero-order valence-electron chi connectivity index (χ0n) is 13.9. The summed E-state index contributed by atoms with van der Waals surface area (Å²) in [5, 5.41) is 14.1. The minimum atomic E-state index is -0.800. The molecule has 0 saturated heterocycles. The van der Waals surface area contributed by atoms with Crippen molar-refractivity contribution in [1.82, 2.24) is 5.32 Å². The molecular weight excluding hydrogens is 316 g/mol.